The van der Waals surface area contributed by atoms with Crippen molar-refractivity contribution in [2.24, 2.45) is 0 Å². The quantitative estimate of drug-likeness (QED) is 0.926. The first-order valence-electron chi connectivity index (χ1n) is 6.45. The van der Waals surface area contributed by atoms with Crippen molar-refractivity contribution in [2.45, 2.75) is 24.6 Å². The van der Waals surface area contributed by atoms with Gasteiger partial charge in [-0.15, -0.1) is 0 Å². The van der Waals surface area contributed by atoms with Gasteiger partial charge in [0, 0.05) is 18.5 Å². The number of para-hydroxylation sites is 1. The molecule has 7 heteroatoms. The summed E-state index contributed by atoms with van der Waals surface area (Å²) < 4.78 is 43.3. The van der Waals surface area contributed by atoms with Gasteiger partial charge >= 0.3 is 6.18 Å². The Bertz CT molecular complexity index is 532. The summed E-state index contributed by atoms with van der Waals surface area (Å²) >= 11 is 0. The van der Waals surface area contributed by atoms with Crippen LogP contribution in [0.1, 0.15) is 12.0 Å². The molecule has 0 unspecified atom stereocenters. The van der Waals surface area contributed by atoms with Crippen LogP contribution in [0.25, 0.3) is 0 Å². The molecule has 4 nitrogen and oxygen atoms in total. The number of methoxy groups -OCH3 is 1. The first-order chi connectivity index (χ1) is 9.77. The maximum absolute atomic E-state index is 12.7. The van der Waals surface area contributed by atoms with Crippen molar-refractivity contribution in [1.82, 2.24) is 4.90 Å². The summed E-state index contributed by atoms with van der Waals surface area (Å²) in [6.07, 6.45) is -5.28. The third-order valence-electron chi connectivity index (χ3n) is 3.66. The average molecular weight is 303 g/mol. The van der Waals surface area contributed by atoms with Crippen molar-refractivity contribution in [3.05, 3.63) is 29.8 Å². The Morgan fingerprint density at radius 1 is 1.43 bits per heavy atom. The Labute approximate surface area is 120 Å². The highest BCUT2D eigenvalue weighted by molar-refractivity contribution is 5.80. The minimum atomic E-state index is -4.73. The van der Waals surface area contributed by atoms with Gasteiger partial charge in [-0.2, -0.15) is 13.2 Å². The van der Waals surface area contributed by atoms with Crippen molar-refractivity contribution in [3.63, 3.8) is 0 Å². The van der Waals surface area contributed by atoms with Gasteiger partial charge in [-0.25, -0.2) is 0 Å². The number of hydrogen-bond donors (Lipinski definition) is 1. The maximum atomic E-state index is 12.7. The van der Waals surface area contributed by atoms with Crippen molar-refractivity contribution >= 4 is 5.91 Å². The summed E-state index contributed by atoms with van der Waals surface area (Å²) in [5, 5.41) is 9.57. The van der Waals surface area contributed by atoms with Crippen LogP contribution in [-0.4, -0.2) is 47.9 Å². The number of benzene rings is 1. The number of amides is 1. The molecule has 2 rings (SSSR count). The van der Waals surface area contributed by atoms with E-state index in [1.165, 1.54) is 7.11 Å². The monoisotopic (exact) mass is 303 g/mol. The minimum Gasteiger partial charge on any atom is -0.496 e. The zero-order chi connectivity index (χ0) is 15.7. The second-order valence-electron chi connectivity index (χ2n) is 5.08. The first kappa shape index (κ1) is 15.6. The molecule has 0 aromatic heterocycles. The molecule has 1 N–H and O–H groups in total. The molecule has 0 bridgehead atoms. The smallest absolute Gasteiger partial charge is 0.419 e. The summed E-state index contributed by atoms with van der Waals surface area (Å²) in [5.74, 6) is 0.0517. The normalized spacial score (nSPS) is 22.4. The standard InChI is InChI=1S/C14H16F3NO3/c1-21-11-5-3-2-4-10(11)8-12(19)18-7-6-13(20,9-18)14(15,16)17/h2-5,20H,6-9H2,1H3/t13-/m1/s1. The van der Waals surface area contributed by atoms with Crippen LogP contribution in [0, 0.1) is 0 Å². The van der Waals surface area contributed by atoms with E-state index in [9.17, 15) is 23.1 Å². The highest BCUT2D eigenvalue weighted by Gasteiger charge is 2.57. The van der Waals surface area contributed by atoms with Gasteiger partial charge in [-0.3, -0.25) is 4.79 Å². The summed E-state index contributed by atoms with van der Waals surface area (Å²) in [6, 6.07) is 6.83. The van der Waals surface area contributed by atoms with E-state index in [1.54, 1.807) is 24.3 Å². The van der Waals surface area contributed by atoms with Crippen molar-refractivity contribution in [2.75, 3.05) is 20.2 Å². The Morgan fingerprint density at radius 2 is 2.10 bits per heavy atom. The number of alkyl halides is 3. The average Bonchev–Trinajstić information content (AvgIpc) is 2.83. The maximum Gasteiger partial charge on any atom is 0.419 e. The van der Waals surface area contributed by atoms with Gasteiger partial charge in [0.25, 0.3) is 0 Å². The molecule has 1 aliphatic heterocycles. The molecule has 1 fully saturated rings. The van der Waals surface area contributed by atoms with Crippen molar-refractivity contribution in [3.8, 4) is 5.75 Å². The van der Waals surface area contributed by atoms with Crippen LogP contribution in [0.15, 0.2) is 24.3 Å². The number of rotatable bonds is 3. The van der Waals surface area contributed by atoms with Gasteiger partial charge in [0.05, 0.1) is 20.1 Å². The number of ether oxygens (including phenoxy) is 1. The Balaban J connectivity index is 2.06. The Kier molecular flexibility index (Phi) is 4.13. The van der Waals surface area contributed by atoms with E-state index in [1.807, 2.05) is 0 Å². The van der Waals surface area contributed by atoms with Crippen molar-refractivity contribution < 1.29 is 27.8 Å². The first-order valence-corrected chi connectivity index (χ1v) is 6.45. The number of likely N-dealkylation sites (tertiary alicyclic amines) is 1. The lowest BCUT2D eigenvalue weighted by Gasteiger charge is -2.26. The molecule has 21 heavy (non-hydrogen) atoms. The highest BCUT2D eigenvalue weighted by atomic mass is 19.4. The van der Waals surface area contributed by atoms with Crippen LogP contribution in [0.2, 0.25) is 0 Å². The predicted molar refractivity (Wildman–Crippen MR) is 68.9 cm³/mol. The summed E-state index contributed by atoms with van der Waals surface area (Å²) in [5.41, 5.74) is -2.20. The lowest BCUT2D eigenvalue weighted by atomic mass is 10.0. The second kappa shape index (κ2) is 5.55. The van der Waals surface area contributed by atoms with E-state index < -0.39 is 30.7 Å². The summed E-state index contributed by atoms with van der Waals surface area (Å²) in [4.78, 5) is 13.1. The number of hydrogen-bond acceptors (Lipinski definition) is 3. The number of halogens is 3. The molecule has 0 radical (unpaired) electrons. The number of carbonyl (C=O) groups is 1. The predicted octanol–water partition coefficient (Wildman–Crippen LogP) is 1.76. The summed E-state index contributed by atoms with van der Waals surface area (Å²) in [6.45, 7) is -0.825. The van der Waals surface area contributed by atoms with E-state index in [-0.39, 0.29) is 13.0 Å². The molecule has 1 aromatic carbocycles. The van der Waals surface area contributed by atoms with E-state index >= 15 is 0 Å². The molecule has 0 aliphatic carbocycles. The van der Waals surface area contributed by atoms with Crippen LogP contribution in [0.3, 0.4) is 0 Å². The van der Waals surface area contributed by atoms with E-state index in [2.05, 4.69) is 0 Å². The van der Waals surface area contributed by atoms with Crippen LogP contribution < -0.4 is 4.74 Å². The third-order valence-corrected chi connectivity index (χ3v) is 3.66. The highest BCUT2D eigenvalue weighted by Crippen LogP contribution is 2.37. The zero-order valence-corrected chi connectivity index (χ0v) is 11.5. The van der Waals surface area contributed by atoms with Gasteiger partial charge in [0.2, 0.25) is 5.91 Å². The molecular formula is C14H16F3NO3. The van der Waals surface area contributed by atoms with Crippen molar-refractivity contribution in [1.29, 1.82) is 0 Å². The second-order valence-corrected chi connectivity index (χ2v) is 5.08. The molecule has 1 aromatic rings. The summed E-state index contributed by atoms with van der Waals surface area (Å²) in [7, 11) is 1.46. The molecule has 1 saturated heterocycles. The SMILES string of the molecule is COc1ccccc1CC(=O)N1CC[C@](O)(C(F)(F)F)C1. The largest absolute Gasteiger partial charge is 0.496 e. The Hall–Kier alpha value is -1.76. The number of β-amino-alcohol motifs (C(OH)–C–C–N with tert-alkyl or cyclic N) is 1. The van der Waals surface area contributed by atoms with Gasteiger partial charge in [0.1, 0.15) is 5.75 Å². The molecule has 0 saturated carbocycles. The van der Waals surface area contributed by atoms with Gasteiger partial charge < -0.3 is 14.7 Å². The molecular weight excluding hydrogens is 287 g/mol. The molecule has 1 atom stereocenters. The number of aliphatic hydroxyl groups is 1. The molecule has 116 valence electrons. The third kappa shape index (κ3) is 3.12. The lowest BCUT2D eigenvalue weighted by molar-refractivity contribution is -0.253. The Morgan fingerprint density at radius 3 is 2.67 bits per heavy atom. The zero-order valence-electron chi connectivity index (χ0n) is 11.5. The molecule has 1 amide bonds. The number of nitrogens with zero attached hydrogens (tertiary/aromatic N) is 1. The topological polar surface area (TPSA) is 49.8 Å². The van der Waals surface area contributed by atoms with E-state index in [4.69, 9.17) is 4.74 Å². The fraction of sp³-hybridized carbons (Fsp3) is 0.500. The van der Waals surface area contributed by atoms with Crippen LogP contribution >= 0.6 is 0 Å². The van der Waals surface area contributed by atoms with Gasteiger partial charge in [0.15, 0.2) is 5.60 Å². The molecule has 0 spiro atoms. The van der Waals surface area contributed by atoms with Crippen LogP contribution in [-0.2, 0) is 11.2 Å². The fourth-order valence-corrected chi connectivity index (χ4v) is 2.36. The van der Waals surface area contributed by atoms with E-state index in [0.717, 1.165) is 4.90 Å². The number of carbonyl (C=O) groups excluding carboxylic acids is 1. The lowest BCUT2D eigenvalue weighted by Crippen LogP contribution is -2.48. The van der Waals surface area contributed by atoms with Gasteiger partial charge in [-0.05, 0) is 6.07 Å². The minimum absolute atomic E-state index is 0.0576. The van der Waals surface area contributed by atoms with Gasteiger partial charge in [-0.1, -0.05) is 18.2 Å². The fourth-order valence-electron chi connectivity index (χ4n) is 2.36. The van der Waals surface area contributed by atoms with E-state index in [0.29, 0.717) is 11.3 Å². The van der Waals surface area contributed by atoms with Crippen LogP contribution in [0.5, 0.6) is 5.75 Å². The molecule has 1 heterocycles. The molecule has 1 aliphatic rings. The van der Waals surface area contributed by atoms with Crippen LogP contribution in [0.4, 0.5) is 13.2 Å².